The van der Waals surface area contributed by atoms with Gasteiger partial charge in [-0.3, -0.25) is 14.4 Å². The minimum atomic E-state index is -0.460. The van der Waals surface area contributed by atoms with Crippen LogP contribution in [-0.2, 0) is 27.4 Å². The van der Waals surface area contributed by atoms with Crippen LogP contribution in [0.4, 0.5) is 0 Å². The van der Waals surface area contributed by atoms with Gasteiger partial charge in [0.1, 0.15) is 5.60 Å². The fraction of sp³-hybridized carbons (Fsp3) is 0.571. The van der Waals surface area contributed by atoms with E-state index in [-0.39, 0.29) is 29.1 Å². The third kappa shape index (κ3) is 6.85. The second-order valence-corrected chi connectivity index (χ2v) is 13.5. The number of nitrogens with zero attached hydrogens (tertiary/aromatic N) is 1. The number of esters is 1. The molecule has 5 rings (SSSR count). The first-order chi connectivity index (χ1) is 19.7. The van der Waals surface area contributed by atoms with Crippen LogP contribution in [0.1, 0.15) is 118 Å². The van der Waals surface area contributed by atoms with Crippen molar-refractivity contribution in [2.75, 3.05) is 6.54 Å². The lowest BCUT2D eigenvalue weighted by atomic mass is 9.66. The molecule has 220 valence electrons. The Morgan fingerprint density at radius 2 is 1.71 bits per heavy atom. The van der Waals surface area contributed by atoms with Gasteiger partial charge in [0.05, 0.1) is 11.3 Å². The Morgan fingerprint density at radius 1 is 1.00 bits per heavy atom. The van der Waals surface area contributed by atoms with E-state index in [1.165, 1.54) is 12.8 Å². The highest BCUT2D eigenvalue weighted by Gasteiger charge is 2.46. The molecule has 2 saturated carbocycles. The van der Waals surface area contributed by atoms with Gasteiger partial charge in [-0.2, -0.15) is 0 Å². The summed E-state index contributed by atoms with van der Waals surface area (Å²) in [5, 5.41) is 3.23. The van der Waals surface area contributed by atoms with Crippen LogP contribution in [0, 0.1) is 11.3 Å². The molecule has 1 unspecified atom stereocenters. The molecule has 0 aromatic heterocycles. The SMILES string of the molecule is CC(C)(C)OC(=O)C1(CCCCNC(=O)C(c2ccc(CN3Cc4ccccc4C3=O)cc2)C2CCCC2)CCC1. The summed E-state index contributed by atoms with van der Waals surface area (Å²) >= 11 is 0. The average Bonchev–Trinajstić information content (AvgIpc) is 3.54. The molecule has 0 radical (unpaired) electrons. The molecular formula is C35H46N2O4. The van der Waals surface area contributed by atoms with Gasteiger partial charge in [0.15, 0.2) is 0 Å². The van der Waals surface area contributed by atoms with Crippen LogP contribution in [0.5, 0.6) is 0 Å². The van der Waals surface area contributed by atoms with E-state index in [1.54, 1.807) is 0 Å². The summed E-state index contributed by atoms with van der Waals surface area (Å²) in [6, 6.07) is 16.2. The van der Waals surface area contributed by atoms with Gasteiger partial charge in [-0.15, -0.1) is 0 Å². The second-order valence-electron chi connectivity index (χ2n) is 13.5. The van der Waals surface area contributed by atoms with E-state index in [1.807, 2.05) is 49.9 Å². The van der Waals surface area contributed by atoms with Gasteiger partial charge in [0.2, 0.25) is 5.91 Å². The number of nitrogens with one attached hydrogen (secondary N) is 1. The Bertz CT molecular complexity index is 1240. The Hall–Kier alpha value is -3.15. The first-order valence-corrected chi connectivity index (χ1v) is 15.6. The highest BCUT2D eigenvalue weighted by atomic mass is 16.6. The minimum Gasteiger partial charge on any atom is -0.460 e. The van der Waals surface area contributed by atoms with Gasteiger partial charge >= 0.3 is 5.97 Å². The maximum atomic E-state index is 13.5. The quantitative estimate of drug-likeness (QED) is 0.240. The molecular weight excluding hydrogens is 512 g/mol. The van der Waals surface area contributed by atoms with Crippen molar-refractivity contribution < 1.29 is 19.1 Å². The smallest absolute Gasteiger partial charge is 0.312 e. The first kappa shape index (κ1) is 29.3. The van der Waals surface area contributed by atoms with E-state index < -0.39 is 5.60 Å². The second kappa shape index (κ2) is 12.4. The van der Waals surface area contributed by atoms with Crippen LogP contribution in [0.25, 0.3) is 0 Å². The average molecular weight is 559 g/mol. The molecule has 6 nitrogen and oxygen atoms in total. The van der Waals surface area contributed by atoms with Crippen molar-refractivity contribution >= 4 is 17.8 Å². The van der Waals surface area contributed by atoms with E-state index >= 15 is 0 Å². The molecule has 3 aliphatic rings. The van der Waals surface area contributed by atoms with Crippen molar-refractivity contribution in [2.24, 2.45) is 11.3 Å². The molecule has 0 spiro atoms. The molecule has 2 fully saturated rings. The fourth-order valence-electron chi connectivity index (χ4n) is 6.88. The number of unbranched alkanes of at least 4 members (excludes halogenated alkanes) is 1. The maximum Gasteiger partial charge on any atom is 0.312 e. The molecule has 2 aromatic carbocycles. The third-order valence-corrected chi connectivity index (χ3v) is 9.29. The zero-order valence-corrected chi connectivity index (χ0v) is 25.0. The zero-order valence-electron chi connectivity index (χ0n) is 25.0. The molecule has 1 N–H and O–H groups in total. The molecule has 2 aliphatic carbocycles. The van der Waals surface area contributed by atoms with Crippen molar-refractivity contribution in [2.45, 2.75) is 110 Å². The zero-order chi connectivity index (χ0) is 29.0. The lowest BCUT2D eigenvalue weighted by molar-refractivity contribution is -0.174. The molecule has 1 atom stereocenters. The van der Waals surface area contributed by atoms with Gasteiger partial charge in [-0.1, -0.05) is 68.1 Å². The number of hydrogen-bond donors (Lipinski definition) is 1. The van der Waals surface area contributed by atoms with Crippen molar-refractivity contribution in [1.29, 1.82) is 0 Å². The molecule has 1 heterocycles. The lowest BCUT2D eigenvalue weighted by Crippen LogP contribution is -2.42. The number of hydrogen-bond acceptors (Lipinski definition) is 4. The molecule has 0 bridgehead atoms. The first-order valence-electron chi connectivity index (χ1n) is 15.6. The monoisotopic (exact) mass is 558 g/mol. The molecule has 2 aromatic rings. The number of rotatable bonds is 11. The van der Waals surface area contributed by atoms with Crippen LogP contribution in [-0.4, -0.2) is 34.8 Å². The van der Waals surface area contributed by atoms with Gasteiger partial charge in [0.25, 0.3) is 5.91 Å². The predicted molar refractivity (Wildman–Crippen MR) is 160 cm³/mol. The number of carbonyl (C=O) groups excluding carboxylic acids is 3. The van der Waals surface area contributed by atoms with Crippen LogP contribution in [0.3, 0.4) is 0 Å². The largest absolute Gasteiger partial charge is 0.460 e. The molecule has 2 amide bonds. The fourth-order valence-corrected chi connectivity index (χ4v) is 6.88. The lowest BCUT2D eigenvalue weighted by Gasteiger charge is -2.41. The van der Waals surface area contributed by atoms with Crippen LogP contribution < -0.4 is 5.32 Å². The van der Waals surface area contributed by atoms with Gasteiger partial charge in [-0.25, -0.2) is 0 Å². The summed E-state index contributed by atoms with van der Waals surface area (Å²) in [5.41, 5.74) is 3.24. The summed E-state index contributed by atoms with van der Waals surface area (Å²) in [6.07, 6.45) is 10.0. The summed E-state index contributed by atoms with van der Waals surface area (Å²) < 4.78 is 5.72. The Morgan fingerprint density at radius 3 is 2.34 bits per heavy atom. The van der Waals surface area contributed by atoms with Crippen LogP contribution in [0.2, 0.25) is 0 Å². The minimum absolute atomic E-state index is 0.0522. The van der Waals surface area contributed by atoms with Crippen molar-refractivity contribution in [1.82, 2.24) is 10.2 Å². The summed E-state index contributed by atoms with van der Waals surface area (Å²) in [7, 11) is 0. The van der Waals surface area contributed by atoms with Gasteiger partial charge < -0.3 is 15.0 Å². The number of fused-ring (bicyclic) bond motifs is 1. The number of benzene rings is 2. The summed E-state index contributed by atoms with van der Waals surface area (Å²) in [6.45, 7) is 7.61. The molecule has 1 aliphatic heterocycles. The Labute approximate surface area is 245 Å². The Balaban J connectivity index is 1.14. The van der Waals surface area contributed by atoms with Crippen molar-refractivity contribution in [3.05, 3.63) is 70.8 Å². The molecule has 6 heteroatoms. The topological polar surface area (TPSA) is 75.7 Å². The van der Waals surface area contributed by atoms with Crippen LogP contribution in [0.15, 0.2) is 48.5 Å². The van der Waals surface area contributed by atoms with E-state index in [0.29, 0.717) is 25.6 Å². The molecule has 41 heavy (non-hydrogen) atoms. The van der Waals surface area contributed by atoms with E-state index in [0.717, 1.165) is 73.6 Å². The summed E-state index contributed by atoms with van der Waals surface area (Å²) in [5.74, 6) is 0.357. The van der Waals surface area contributed by atoms with Gasteiger partial charge in [-0.05, 0) is 88.0 Å². The number of ether oxygens (including phenoxy) is 1. The predicted octanol–water partition coefficient (Wildman–Crippen LogP) is 6.91. The van der Waals surface area contributed by atoms with E-state index in [2.05, 4.69) is 29.6 Å². The standard InChI is InChI=1S/C35H46N2O4/c1-34(2,3)41-33(40)35(20-10-21-35)19-8-9-22-36-31(38)30(26-11-4-5-12-26)27-17-15-25(16-18-27)23-37-24-28-13-6-7-14-29(28)32(37)39/h6-7,13-18,26,30H,4-5,8-12,19-24H2,1-3H3,(H,36,38). The van der Waals surface area contributed by atoms with E-state index in [9.17, 15) is 14.4 Å². The normalized spacial score (nSPS) is 19.0. The summed E-state index contributed by atoms with van der Waals surface area (Å²) in [4.78, 5) is 41.0. The molecule has 0 saturated heterocycles. The highest BCUT2D eigenvalue weighted by molar-refractivity contribution is 5.98. The van der Waals surface area contributed by atoms with Crippen LogP contribution >= 0.6 is 0 Å². The van der Waals surface area contributed by atoms with Gasteiger partial charge in [0, 0.05) is 25.2 Å². The highest BCUT2D eigenvalue weighted by Crippen LogP contribution is 2.47. The van der Waals surface area contributed by atoms with E-state index in [4.69, 9.17) is 4.74 Å². The maximum absolute atomic E-state index is 13.5. The van der Waals surface area contributed by atoms with Crippen molar-refractivity contribution in [3.8, 4) is 0 Å². The Kier molecular flexibility index (Phi) is 8.86. The number of carbonyl (C=O) groups is 3. The third-order valence-electron chi connectivity index (χ3n) is 9.29. The van der Waals surface area contributed by atoms with Crippen molar-refractivity contribution in [3.63, 3.8) is 0 Å². The number of amides is 2.